The molecule has 1 aliphatic heterocycles. The van der Waals surface area contributed by atoms with Gasteiger partial charge in [-0.2, -0.15) is 5.10 Å². The number of hydrogen-bond acceptors (Lipinski definition) is 4. The molecule has 0 spiro atoms. The van der Waals surface area contributed by atoms with Gasteiger partial charge in [0.2, 0.25) is 0 Å². The lowest BCUT2D eigenvalue weighted by Crippen LogP contribution is -2.35. The normalized spacial score (nSPS) is 25.1. The molecule has 1 fully saturated rings. The zero-order chi connectivity index (χ0) is 11.9. The molecule has 2 rings (SSSR count). The van der Waals surface area contributed by atoms with Gasteiger partial charge in [0.1, 0.15) is 5.69 Å². The van der Waals surface area contributed by atoms with Gasteiger partial charge in [0.05, 0.1) is 17.5 Å². The Morgan fingerprint density at radius 1 is 1.69 bits per heavy atom. The highest BCUT2D eigenvalue weighted by Gasteiger charge is 2.35. The monoisotopic (exact) mass is 224 g/mol. The minimum atomic E-state index is -0.789. The molecule has 1 atom stereocenters. The predicted octanol–water partition coefficient (Wildman–Crippen LogP) is -0.401. The molecular formula is C10H16N4O2. The van der Waals surface area contributed by atoms with Gasteiger partial charge in [-0.3, -0.25) is 9.48 Å². The molecule has 16 heavy (non-hydrogen) atoms. The third-order valence-electron chi connectivity index (χ3n) is 2.91. The number of nitrogens with zero attached hydrogens (tertiary/aromatic N) is 3. The molecule has 1 aromatic heterocycles. The van der Waals surface area contributed by atoms with E-state index in [0.717, 1.165) is 0 Å². The molecule has 3 N–H and O–H groups in total. The van der Waals surface area contributed by atoms with E-state index in [2.05, 4.69) is 5.10 Å². The Labute approximate surface area is 93.6 Å². The molecule has 1 aliphatic rings. The Morgan fingerprint density at radius 3 is 2.81 bits per heavy atom. The Bertz CT molecular complexity index is 405. The van der Waals surface area contributed by atoms with Crippen molar-refractivity contribution < 1.29 is 9.90 Å². The van der Waals surface area contributed by atoms with E-state index in [4.69, 9.17) is 5.73 Å². The van der Waals surface area contributed by atoms with Crippen LogP contribution in [0, 0.1) is 0 Å². The van der Waals surface area contributed by atoms with E-state index >= 15 is 0 Å². The van der Waals surface area contributed by atoms with Gasteiger partial charge in [-0.05, 0) is 13.3 Å². The van der Waals surface area contributed by atoms with E-state index in [1.165, 1.54) is 10.9 Å². The number of rotatable bonds is 1. The fraction of sp³-hybridized carbons (Fsp3) is 0.600. The van der Waals surface area contributed by atoms with Crippen molar-refractivity contribution in [1.29, 1.82) is 0 Å². The van der Waals surface area contributed by atoms with Crippen LogP contribution < -0.4 is 5.73 Å². The summed E-state index contributed by atoms with van der Waals surface area (Å²) < 4.78 is 1.46. The van der Waals surface area contributed by atoms with Crippen molar-refractivity contribution in [2.24, 2.45) is 7.05 Å². The number of aromatic nitrogens is 2. The summed E-state index contributed by atoms with van der Waals surface area (Å²) in [6, 6.07) is 0. The van der Waals surface area contributed by atoms with Crippen LogP contribution in [0.2, 0.25) is 0 Å². The summed E-state index contributed by atoms with van der Waals surface area (Å²) in [7, 11) is 1.68. The van der Waals surface area contributed by atoms with Crippen molar-refractivity contribution in [3.8, 4) is 0 Å². The summed E-state index contributed by atoms with van der Waals surface area (Å²) in [6.45, 7) is 2.62. The number of hydrogen-bond donors (Lipinski definition) is 2. The van der Waals surface area contributed by atoms with Crippen LogP contribution >= 0.6 is 0 Å². The maximum Gasteiger partial charge on any atom is 0.274 e. The maximum atomic E-state index is 12.1. The number of β-amino-alcohol motifs (C(OH)–C–C–N with tert-alkyl or cyclic N) is 1. The fourth-order valence-corrected chi connectivity index (χ4v) is 1.98. The Hall–Kier alpha value is -1.56. The van der Waals surface area contributed by atoms with Crippen molar-refractivity contribution in [1.82, 2.24) is 14.7 Å². The summed E-state index contributed by atoms with van der Waals surface area (Å²) in [5, 5.41) is 13.7. The quantitative estimate of drug-likeness (QED) is 0.679. The Balaban J connectivity index is 2.21. The van der Waals surface area contributed by atoms with Crippen LogP contribution in [0.5, 0.6) is 0 Å². The van der Waals surface area contributed by atoms with E-state index in [1.807, 2.05) is 0 Å². The number of anilines is 1. The third kappa shape index (κ3) is 1.76. The topological polar surface area (TPSA) is 84.4 Å². The number of carbonyl (C=O) groups excluding carboxylic acids is 1. The second-order valence-electron chi connectivity index (χ2n) is 4.55. The molecular weight excluding hydrogens is 208 g/mol. The molecule has 6 nitrogen and oxygen atoms in total. The minimum Gasteiger partial charge on any atom is -0.396 e. The van der Waals surface area contributed by atoms with Crippen molar-refractivity contribution >= 4 is 11.6 Å². The van der Waals surface area contributed by atoms with Crippen LogP contribution in [0.4, 0.5) is 5.69 Å². The molecule has 0 bridgehead atoms. The van der Waals surface area contributed by atoms with Crippen LogP contribution in [0.25, 0.3) is 0 Å². The molecule has 0 radical (unpaired) electrons. The van der Waals surface area contributed by atoms with E-state index in [0.29, 0.717) is 30.9 Å². The second kappa shape index (κ2) is 3.48. The first-order valence-corrected chi connectivity index (χ1v) is 5.20. The van der Waals surface area contributed by atoms with Crippen LogP contribution in [0.3, 0.4) is 0 Å². The van der Waals surface area contributed by atoms with E-state index in [1.54, 1.807) is 18.9 Å². The van der Waals surface area contributed by atoms with Crippen LogP contribution in [0.15, 0.2) is 6.20 Å². The number of aliphatic hydroxyl groups is 1. The number of nitrogens with two attached hydrogens (primary N) is 1. The van der Waals surface area contributed by atoms with Gasteiger partial charge in [-0.25, -0.2) is 0 Å². The van der Waals surface area contributed by atoms with E-state index in [9.17, 15) is 9.90 Å². The van der Waals surface area contributed by atoms with Gasteiger partial charge in [0.15, 0.2) is 0 Å². The first-order chi connectivity index (χ1) is 7.41. The predicted molar refractivity (Wildman–Crippen MR) is 58.8 cm³/mol. The molecule has 1 saturated heterocycles. The molecule has 2 heterocycles. The average Bonchev–Trinajstić information content (AvgIpc) is 2.70. The van der Waals surface area contributed by atoms with Crippen molar-refractivity contribution in [2.75, 3.05) is 18.8 Å². The highest BCUT2D eigenvalue weighted by molar-refractivity contribution is 5.97. The first kappa shape index (κ1) is 10.9. The van der Waals surface area contributed by atoms with Gasteiger partial charge in [0.25, 0.3) is 5.91 Å². The highest BCUT2D eigenvalue weighted by Crippen LogP contribution is 2.23. The number of nitrogen functional groups attached to an aromatic ring is 1. The van der Waals surface area contributed by atoms with Crippen molar-refractivity contribution in [3.05, 3.63) is 11.9 Å². The van der Waals surface area contributed by atoms with Gasteiger partial charge < -0.3 is 15.7 Å². The zero-order valence-corrected chi connectivity index (χ0v) is 9.47. The van der Waals surface area contributed by atoms with Crippen molar-refractivity contribution in [2.45, 2.75) is 18.9 Å². The van der Waals surface area contributed by atoms with Crippen molar-refractivity contribution in [3.63, 3.8) is 0 Å². The molecule has 0 aromatic carbocycles. The lowest BCUT2D eigenvalue weighted by atomic mass is 10.1. The van der Waals surface area contributed by atoms with Crippen LogP contribution in [-0.2, 0) is 7.05 Å². The molecule has 0 saturated carbocycles. The van der Waals surface area contributed by atoms with E-state index in [-0.39, 0.29) is 5.91 Å². The summed E-state index contributed by atoms with van der Waals surface area (Å²) in [6.07, 6.45) is 2.05. The average molecular weight is 224 g/mol. The van der Waals surface area contributed by atoms with E-state index < -0.39 is 5.60 Å². The second-order valence-corrected chi connectivity index (χ2v) is 4.55. The maximum absolute atomic E-state index is 12.1. The molecule has 0 aliphatic carbocycles. The lowest BCUT2D eigenvalue weighted by Gasteiger charge is -2.19. The number of carbonyl (C=O) groups is 1. The standard InChI is InChI=1S/C10H16N4O2/c1-10(16)3-4-14(6-10)9(15)8-7(11)5-12-13(8)2/h5,16H,3-4,6,11H2,1-2H3. The minimum absolute atomic E-state index is 0.171. The number of aryl methyl sites for hydroxylation is 1. The van der Waals surface area contributed by atoms with Gasteiger partial charge >= 0.3 is 0 Å². The summed E-state index contributed by atoms with van der Waals surface area (Å²) in [5.74, 6) is -0.171. The molecule has 1 aromatic rings. The smallest absolute Gasteiger partial charge is 0.274 e. The van der Waals surface area contributed by atoms with Crippen LogP contribution in [0.1, 0.15) is 23.8 Å². The lowest BCUT2D eigenvalue weighted by molar-refractivity contribution is 0.0566. The summed E-state index contributed by atoms with van der Waals surface area (Å²) >= 11 is 0. The first-order valence-electron chi connectivity index (χ1n) is 5.20. The largest absolute Gasteiger partial charge is 0.396 e. The van der Waals surface area contributed by atoms with Crippen LogP contribution in [-0.4, -0.2) is 44.4 Å². The summed E-state index contributed by atoms with van der Waals surface area (Å²) in [5.41, 5.74) is 5.66. The summed E-state index contributed by atoms with van der Waals surface area (Å²) in [4.78, 5) is 13.7. The molecule has 1 amide bonds. The third-order valence-corrected chi connectivity index (χ3v) is 2.91. The van der Waals surface area contributed by atoms with Gasteiger partial charge in [-0.1, -0.05) is 0 Å². The number of amides is 1. The zero-order valence-electron chi connectivity index (χ0n) is 9.47. The SMILES string of the molecule is Cn1ncc(N)c1C(=O)N1CCC(C)(O)C1. The van der Waals surface area contributed by atoms with Gasteiger partial charge in [-0.15, -0.1) is 0 Å². The Kier molecular flexibility index (Phi) is 2.38. The molecule has 1 unspecified atom stereocenters. The number of likely N-dealkylation sites (tertiary alicyclic amines) is 1. The molecule has 88 valence electrons. The highest BCUT2D eigenvalue weighted by atomic mass is 16.3. The van der Waals surface area contributed by atoms with Gasteiger partial charge in [0, 0.05) is 20.1 Å². The Morgan fingerprint density at radius 2 is 2.38 bits per heavy atom. The molecule has 6 heteroatoms. The fourth-order valence-electron chi connectivity index (χ4n) is 1.98.